The smallest absolute Gasteiger partial charge is 0.350 e. The molecule has 0 spiro atoms. The van der Waals surface area contributed by atoms with Gasteiger partial charge >= 0.3 is 5.97 Å². The Morgan fingerprint density at radius 1 is 1.11 bits per heavy atom. The third-order valence-corrected chi connectivity index (χ3v) is 5.90. The van der Waals surface area contributed by atoms with E-state index in [0.29, 0.717) is 25.2 Å². The summed E-state index contributed by atoms with van der Waals surface area (Å²) in [6.07, 6.45) is 0. The molecule has 142 valence electrons. The van der Waals surface area contributed by atoms with E-state index >= 15 is 0 Å². The Balaban J connectivity index is 1.73. The standard InChI is InChI=1S/C18H8Cl4N2O3S/c19-9-2-1-8(6-23)12(4-9)24-14(25)7-27-18(26)17-16(22)15-11(21)3-10(20)5-13(15)28-17/h1-5H,7H2,(H,24,25). The molecule has 0 fully saturated rings. The SMILES string of the molecule is N#Cc1ccc(Cl)cc1NC(=O)COC(=O)c1sc2cc(Cl)cc(Cl)c2c1Cl. The van der Waals surface area contributed by atoms with Gasteiger partial charge in [0.2, 0.25) is 0 Å². The van der Waals surface area contributed by atoms with Gasteiger partial charge in [0.05, 0.1) is 21.3 Å². The van der Waals surface area contributed by atoms with Crippen LogP contribution in [0.5, 0.6) is 0 Å². The van der Waals surface area contributed by atoms with Crippen molar-refractivity contribution in [1.82, 2.24) is 0 Å². The van der Waals surface area contributed by atoms with Gasteiger partial charge in [-0.2, -0.15) is 5.26 Å². The third kappa shape index (κ3) is 4.35. The number of nitriles is 1. The molecule has 3 rings (SSSR count). The van der Waals surface area contributed by atoms with Crippen molar-refractivity contribution in [3.05, 3.63) is 60.9 Å². The first kappa shape index (κ1) is 20.7. The monoisotopic (exact) mass is 472 g/mol. The van der Waals surface area contributed by atoms with Crippen LogP contribution in [0.3, 0.4) is 0 Å². The van der Waals surface area contributed by atoms with Crippen molar-refractivity contribution in [3.63, 3.8) is 0 Å². The molecule has 1 aromatic heterocycles. The second-order valence-electron chi connectivity index (χ2n) is 5.43. The summed E-state index contributed by atoms with van der Waals surface area (Å²) in [5.41, 5.74) is 0.445. The average Bonchev–Trinajstić information content (AvgIpc) is 2.96. The zero-order valence-corrected chi connectivity index (χ0v) is 17.5. The number of hydrogen-bond donors (Lipinski definition) is 1. The molecule has 0 radical (unpaired) electrons. The second kappa shape index (κ2) is 8.56. The maximum atomic E-state index is 12.3. The maximum absolute atomic E-state index is 12.3. The molecule has 1 amide bonds. The molecule has 1 N–H and O–H groups in total. The fraction of sp³-hybridized carbons (Fsp3) is 0.0556. The molecule has 1 heterocycles. The van der Waals surface area contributed by atoms with Crippen molar-refractivity contribution < 1.29 is 14.3 Å². The molecular formula is C18H8Cl4N2O3S. The summed E-state index contributed by atoms with van der Waals surface area (Å²) in [6, 6.07) is 9.50. The number of nitrogens with one attached hydrogen (secondary N) is 1. The largest absolute Gasteiger partial charge is 0.451 e. The molecule has 5 nitrogen and oxygen atoms in total. The van der Waals surface area contributed by atoms with Gasteiger partial charge < -0.3 is 10.1 Å². The molecule has 3 aromatic rings. The third-order valence-electron chi connectivity index (χ3n) is 3.55. The van der Waals surface area contributed by atoms with E-state index in [2.05, 4.69) is 5.32 Å². The van der Waals surface area contributed by atoms with Gasteiger partial charge in [-0.15, -0.1) is 11.3 Å². The van der Waals surface area contributed by atoms with E-state index in [1.54, 1.807) is 6.07 Å². The van der Waals surface area contributed by atoms with E-state index in [9.17, 15) is 9.59 Å². The zero-order valence-electron chi connectivity index (χ0n) is 13.7. The summed E-state index contributed by atoms with van der Waals surface area (Å²) in [4.78, 5) is 24.5. The number of carbonyl (C=O) groups excluding carboxylic acids is 2. The quantitative estimate of drug-likeness (QED) is 0.458. The highest BCUT2D eigenvalue weighted by Crippen LogP contribution is 2.41. The molecule has 0 saturated heterocycles. The van der Waals surface area contributed by atoms with Crippen molar-refractivity contribution in [2.24, 2.45) is 0 Å². The van der Waals surface area contributed by atoms with Gasteiger partial charge in [0.1, 0.15) is 10.9 Å². The lowest BCUT2D eigenvalue weighted by molar-refractivity contribution is -0.119. The topological polar surface area (TPSA) is 79.2 Å². The van der Waals surface area contributed by atoms with Crippen LogP contribution in [0.2, 0.25) is 20.1 Å². The summed E-state index contributed by atoms with van der Waals surface area (Å²) in [6.45, 7) is -0.574. The molecule has 28 heavy (non-hydrogen) atoms. The van der Waals surface area contributed by atoms with Crippen LogP contribution in [0.15, 0.2) is 30.3 Å². The minimum Gasteiger partial charge on any atom is -0.451 e. The Hall–Kier alpha value is -2.01. The number of esters is 1. The van der Waals surface area contributed by atoms with Crippen LogP contribution in [-0.2, 0) is 9.53 Å². The van der Waals surface area contributed by atoms with Gasteiger partial charge in [-0.1, -0.05) is 46.4 Å². The molecule has 0 atom stereocenters. The number of nitrogens with zero attached hydrogens (tertiary/aromatic N) is 1. The van der Waals surface area contributed by atoms with E-state index < -0.39 is 18.5 Å². The number of halogens is 4. The molecule has 2 aromatic carbocycles. The number of fused-ring (bicyclic) bond motifs is 1. The number of thiophene rings is 1. The van der Waals surface area contributed by atoms with Gasteiger partial charge in [-0.3, -0.25) is 4.79 Å². The molecule has 0 aliphatic carbocycles. The number of anilines is 1. The second-order valence-corrected chi connectivity index (χ2v) is 8.14. The Labute approximate surface area is 183 Å². The van der Waals surface area contributed by atoms with E-state index in [-0.39, 0.29) is 21.2 Å². The van der Waals surface area contributed by atoms with E-state index in [1.165, 1.54) is 24.3 Å². The van der Waals surface area contributed by atoms with Crippen LogP contribution >= 0.6 is 57.7 Å². The number of ether oxygens (including phenoxy) is 1. The van der Waals surface area contributed by atoms with E-state index in [1.807, 2.05) is 6.07 Å². The maximum Gasteiger partial charge on any atom is 0.350 e. The van der Waals surface area contributed by atoms with Crippen LogP contribution in [-0.4, -0.2) is 18.5 Å². The Kier molecular flexibility index (Phi) is 6.33. The van der Waals surface area contributed by atoms with Crippen LogP contribution in [0.25, 0.3) is 10.1 Å². The molecule has 0 unspecified atom stereocenters. The molecule has 0 saturated carbocycles. The normalized spacial score (nSPS) is 10.5. The highest BCUT2D eigenvalue weighted by molar-refractivity contribution is 7.21. The minimum atomic E-state index is -0.778. The molecule has 10 heteroatoms. The number of carbonyl (C=O) groups is 2. The van der Waals surface area contributed by atoms with E-state index in [4.69, 9.17) is 56.4 Å². The molecule has 0 aliphatic rings. The van der Waals surface area contributed by atoms with Crippen LogP contribution in [0.1, 0.15) is 15.2 Å². The summed E-state index contributed by atoms with van der Waals surface area (Å²) in [5, 5.41) is 13.2. The first-order valence-electron chi connectivity index (χ1n) is 7.54. The van der Waals surface area contributed by atoms with Gasteiger partial charge in [-0.25, -0.2) is 4.79 Å². The van der Waals surface area contributed by atoms with Crippen molar-refractivity contribution in [1.29, 1.82) is 5.26 Å². The fourth-order valence-electron chi connectivity index (χ4n) is 2.34. The Morgan fingerprint density at radius 3 is 2.57 bits per heavy atom. The first-order valence-corrected chi connectivity index (χ1v) is 9.86. The molecular weight excluding hydrogens is 466 g/mol. The number of rotatable bonds is 4. The van der Waals surface area contributed by atoms with Gasteiger partial charge in [0.15, 0.2) is 6.61 Å². The highest BCUT2D eigenvalue weighted by Gasteiger charge is 2.21. The number of amides is 1. The lowest BCUT2D eigenvalue weighted by atomic mass is 10.2. The van der Waals surface area contributed by atoms with Crippen molar-refractivity contribution in [2.75, 3.05) is 11.9 Å². The van der Waals surface area contributed by atoms with Crippen molar-refractivity contribution >= 4 is 85.4 Å². The summed E-state index contributed by atoms with van der Waals surface area (Å²) >= 11 is 25.3. The van der Waals surface area contributed by atoms with Crippen molar-refractivity contribution in [3.8, 4) is 6.07 Å². The zero-order chi connectivity index (χ0) is 20.4. The van der Waals surface area contributed by atoms with Crippen LogP contribution < -0.4 is 5.32 Å². The summed E-state index contributed by atoms with van der Waals surface area (Å²) in [7, 11) is 0. The van der Waals surface area contributed by atoms with Gasteiger partial charge in [0, 0.05) is 20.1 Å². The van der Waals surface area contributed by atoms with Gasteiger partial charge in [-0.05, 0) is 30.3 Å². The van der Waals surface area contributed by atoms with Crippen LogP contribution in [0.4, 0.5) is 5.69 Å². The average molecular weight is 474 g/mol. The molecule has 0 bridgehead atoms. The van der Waals surface area contributed by atoms with E-state index in [0.717, 1.165) is 11.3 Å². The lowest BCUT2D eigenvalue weighted by Gasteiger charge is -2.08. The van der Waals surface area contributed by atoms with Gasteiger partial charge in [0.25, 0.3) is 5.91 Å². The Bertz CT molecular complexity index is 1150. The number of hydrogen-bond acceptors (Lipinski definition) is 5. The minimum absolute atomic E-state index is 0.106. The fourth-order valence-corrected chi connectivity index (χ4v) is 4.78. The first-order chi connectivity index (χ1) is 13.3. The van der Waals surface area contributed by atoms with Crippen molar-refractivity contribution in [2.45, 2.75) is 0 Å². The number of benzene rings is 2. The summed E-state index contributed by atoms with van der Waals surface area (Å²) < 4.78 is 5.65. The molecule has 0 aliphatic heterocycles. The highest BCUT2D eigenvalue weighted by atomic mass is 35.5. The predicted octanol–water partition coefficient (Wildman–Crippen LogP) is 6.18. The lowest BCUT2D eigenvalue weighted by Crippen LogP contribution is -2.21. The van der Waals surface area contributed by atoms with Crippen LogP contribution in [0, 0.1) is 11.3 Å². The Morgan fingerprint density at radius 2 is 1.86 bits per heavy atom. The predicted molar refractivity (Wildman–Crippen MR) is 112 cm³/mol. The summed E-state index contributed by atoms with van der Waals surface area (Å²) in [5.74, 6) is -1.41.